The molecule has 3 heteroatoms. The van der Waals surface area contributed by atoms with Crippen molar-refractivity contribution in [3.05, 3.63) is 83.8 Å². The Hall–Kier alpha value is -2.94. The summed E-state index contributed by atoms with van der Waals surface area (Å²) < 4.78 is 2.21. The molecule has 5 rings (SSSR count). The first-order valence-electron chi connectivity index (χ1n) is 7.81. The van der Waals surface area contributed by atoms with Crippen LogP contribution in [0.5, 0.6) is 0 Å². The molecule has 1 aliphatic rings. The zero-order valence-electron chi connectivity index (χ0n) is 12.8. The third-order valence-electron chi connectivity index (χ3n) is 4.54. The fourth-order valence-corrected chi connectivity index (χ4v) is 3.49. The van der Waals surface area contributed by atoms with Gasteiger partial charge in [0.05, 0.1) is 22.4 Å². The van der Waals surface area contributed by atoms with Crippen LogP contribution in [0.3, 0.4) is 0 Å². The summed E-state index contributed by atoms with van der Waals surface area (Å²) in [6, 6.07) is 19.0. The second-order valence-corrected chi connectivity index (χ2v) is 6.07. The van der Waals surface area contributed by atoms with Crippen LogP contribution in [0.4, 0.5) is 0 Å². The van der Waals surface area contributed by atoms with Crippen molar-refractivity contribution in [3.63, 3.8) is 0 Å². The van der Waals surface area contributed by atoms with Crippen molar-refractivity contribution in [3.8, 4) is 11.3 Å². The van der Waals surface area contributed by atoms with Crippen LogP contribution >= 0.6 is 0 Å². The number of nitrogens with zero attached hydrogens (tertiary/aromatic N) is 3. The highest BCUT2D eigenvalue weighted by Gasteiger charge is 2.32. The Bertz CT molecular complexity index is 1030. The van der Waals surface area contributed by atoms with E-state index in [0.29, 0.717) is 0 Å². The minimum absolute atomic E-state index is 0.105. The molecule has 1 aliphatic carbocycles. The molecule has 0 aliphatic heterocycles. The molecule has 0 saturated heterocycles. The Labute approximate surface area is 134 Å². The molecule has 0 radical (unpaired) electrons. The van der Waals surface area contributed by atoms with Crippen molar-refractivity contribution in [1.29, 1.82) is 0 Å². The minimum atomic E-state index is 0.105. The molecule has 2 heterocycles. The van der Waals surface area contributed by atoms with E-state index in [-0.39, 0.29) is 6.04 Å². The van der Waals surface area contributed by atoms with Crippen molar-refractivity contribution in [2.24, 2.45) is 0 Å². The van der Waals surface area contributed by atoms with E-state index < -0.39 is 0 Å². The van der Waals surface area contributed by atoms with Gasteiger partial charge < -0.3 is 4.57 Å². The summed E-state index contributed by atoms with van der Waals surface area (Å²) in [7, 11) is 0. The van der Waals surface area contributed by atoms with Crippen LogP contribution < -0.4 is 0 Å². The van der Waals surface area contributed by atoms with Gasteiger partial charge in [-0.3, -0.25) is 0 Å². The molecule has 0 N–H and O–H groups in total. The molecule has 110 valence electrons. The fourth-order valence-electron chi connectivity index (χ4n) is 3.49. The Morgan fingerprint density at radius 3 is 2.57 bits per heavy atom. The zero-order chi connectivity index (χ0) is 15.4. The first-order chi connectivity index (χ1) is 11.3. The molecular formula is C20H15N3. The zero-order valence-corrected chi connectivity index (χ0v) is 12.8. The molecule has 0 fully saturated rings. The maximum absolute atomic E-state index is 4.99. The van der Waals surface area contributed by atoms with Crippen LogP contribution in [-0.2, 0) is 0 Å². The molecular weight excluding hydrogens is 282 g/mol. The maximum Gasteiger partial charge on any atom is 0.103 e. The maximum atomic E-state index is 4.99. The summed E-state index contributed by atoms with van der Waals surface area (Å²) in [6.45, 7) is 2.09. The monoisotopic (exact) mass is 297 g/mol. The second-order valence-electron chi connectivity index (χ2n) is 6.07. The summed E-state index contributed by atoms with van der Waals surface area (Å²) >= 11 is 0. The Kier molecular flexibility index (Phi) is 2.48. The van der Waals surface area contributed by atoms with Crippen molar-refractivity contribution in [2.75, 3.05) is 0 Å². The van der Waals surface area contributed by atoms with E-state index in [1.165, 1.54) is 16.7 Å². The van der Waals surface area contributed by atoms with E-state index in [9.17, 15) is 0 Å². The topological polar surface area (TPSA) is 30.7 Å². The lowest BCUT2D eigenvalue weighted by Crippen LogP contribution is -2.09. The third-order valence-corrected chi connectivity index (χ3v) is 4.54. The lowest BCUT2D eigenvalue weighted by molar-refractivity contribution is 0.679. The second kappa shape index (κ2) is 4.53. The van der Waals surface area contributed by atoms with E-state index in [1.807, 2.05) is 0 Å². The number of benzene rings is 2. The molecule has 1 atom stereocenters. The average Bonchev–Trinajstić information content (AvgIpc) is 3.18. The lowest BCUT2D eigenvalue weighted by atomic mass is 10.1. The predicted molar refractivity (Wildman–Crippen MR) is 91.4 cm³/mol. The normalized spacial score (nSPS) is 15.6. The van der Waals surface area contributed by atoms with Gasteiger partial charge in [-0.2, -0.15) is 0 Å². The molecule has 2 aromatic carbocycles. The summed E-state index contributed by atoms with van der Waals surface area (Å²) in [5, 5.41) is 0. The third kappa shape index (κ3) is 1.77. The van der Waals surface area contributed by atoms with Gasteiger partial charge in [-0.05, 0) is 42.3 Å². The lowest BCUT2D eigenvalue weighted by Gasteiger charge is -2.15. The first kappa shape index (κ1) is 12.6. The Balaban J connectivity index is 1.86. The highest BCUT2D eigenvalue weighted by atomic mass is 15.0. The number of aromatic nitrogens is 3. The largest absolute Gasteiger partial charge is 0.341 e. The summed E-state index contributed by atoms with van der Waals surface area (Å²) in [5.41, 5.74) is 7.64. The smallest absolute Gasteiger partial charge is 0.103 e. The van der Waals surface area contributed by atoms with Crippen molar-refractivity contribution < 1.29 is 0 Å². The van der Waals surface area contributed by atoms with Crippen LogP contribution in [0, 0.1) is 6.92 Å². The van der Waals surface area contributed by atoms with E-state index in [4.69, 9.17) is 9.97 Å². The molecule has 4 aromatic rings. The van der Waals surface area contributed by atoms with Crippen LogP contribution in [-0.4, -0.2) is 14.5 Å². The molecule has 23 heavy (non-hydrogen) atoms. The van der Waals surface area contributed by atoms with Crippen LogP contribution in [0.15, 0.2) is 67.0 Å². The molecule has 0 spiro atoms. The van der Waals surface area contributed by atoms with Crippen molar-refractivity contribution in [2.45, 2.75) is 13.0 Å². The van der Waals surface area contributed by atoms with Crippen molar-refractivity contribution in [1.82, 2.24) is 14.5 Å². The van der Waals surface area contributed by atoms with Gasteiger partial charge in [0.2, 0.25) is 0 Å². The predicted octanol–water partition coefficient (Wildman–Crippen LogP) is 4.36. The molecule has 0 saturated carbocycles. The number of hydrogen-bond donors (Lipinski definition) is 0. The highest BCUT2D eigenvalue weighted by Crippen LogP contribution is 2.43. The van der Waals surface area contributed by atoms with Crippen LogP contribution in [0.25, 0.3) is 22.3 Å². The van der Waals surface area contributed by atoms with Gasteiger partial charge in [0, 0.05) is 18.0 Å². The van der Waals surface area contributed by atoms with Gasteiger partial charge in [-0.1, -0.05) is 30.3 Å². The molecule has 3 nitrogen and oxygen atoms in total. The Morgan fingerprint density at radius 2 is 1.70 bits per heavy atom. The van der Waals surface area contributed by atoms with Gasteiger partial charge in [0.15, 0.2) is 0 Å². The SMILES string of the molecule is Cc1ccc2nc3c(nc2c1)C(n1cccc1)c1ccccc1-3. The standard InChI is InChI=1S/C20H15N3/c1-13-8-9-16-17(12-13)22-19-18(21-16)14-6-2-3-7-15(14)20(19)23-10-4-5-11-23/h2-12,20H,1H3. The van der Waals surface area contributed by atoms with Crippen LogP contribution in [0.2, 0.25) is 0 Å². The molecule has 2 aromatic heterocycles. The van der Waals surface area contributed by atoms with Gasteiger partial charge in [0.25, 0.3) is 0 Å². The summed E-state index contributed by atoms with van der Waals surface area (Å²) in [6.07, 6.45) is 4.19. The van der Waals surface area contributed by atoms with E-state index in [1.54, 1.807) is 0 Å². The number of rotatable bonds is 1. The van der Waals surface area contributed by atoms with Gasteiger partial charge in [-0.25, -0.2) is 9.97 Å². The number of fused-ring (bicyclic) bond motifs is 4. The van der Waals surface area contributed by atoms with Crippen LogP contribution in [0.1, 0.15) is 22.9 Å². The molecule has 0 bridgehead atoms. The van der Waals surface area contributed by atoms with Crippen molar-refractivity contribution >= 4 is 11.0 Å². The quantitative estimate of drug-likeness (QED) is 0.460. The molecule has 0 amide bonds. The minimum Gasteiger partial charge on any atom is -0.341 e. The van der Waals surface area contributed by atoms with E-state index in [0.717, 1.165) is 22.4 Å². The first-order valence-corrected chi connectivity index (χ1v) is 7.81. The summed E-state index contributed by atoms with van der Waals surface area (Å²) in [5.74, 6) is 0. The van der Waals surface area contributed by atoms with Gasteiger partial charge in [0.1, 0.15) is 6.04 Å². The molecule has 1 unspecified atom stereocenters. The average molecular weight is 297 g/mol. The van der Waals surface area contributed by atoms with Gasteiger partial charge >= 0.3 is 0 Å². The van der Waals surface area contributed by atoms with E-state index in [2.05, 4.69) is 78.5 Å². The highest BCUT2D eigenvalue weighted by molar-refractivity contribution is 5.83. The Morgan fingerprint density at radius 1 is 0.870 bits per heavy atom. The van der Waals surface area contributed by atoms with Gasteiger partial charge in [-0.15, -0.1) is 0 Å². The number of hydrogen-bond acceptors (Lipinski definition) is 2. The summed E-state index contributed by atoms with van der Waals surface area (Å²) in [4.78, 5) is 9.91. The van der Waals surface area contributed by atoms with E-state index >= 15 is 0 Å². The number of aryl methyl sites for hydroxylation is 1. The fraction of sp³-hybridized carbons (Fsp3) is 0.100.